The summed E-state index contributed by atoms with van der Waals surface area (Å²) < 4.78 is 27.0. The maximum absolute atomic E-state index is 12.7. The van der Waals surface area contributed by atoms with Crippen LogP contribution in [0.4, 0.5) is 0 Å². The normalized spacial score (nSPS) is 17.1. The standard InChI is InChI=1S/C13H17BrN2O4S/c1-16(10-4-6-15-7-5-10)21(19,20)12-3-2-9(13(17)18)8-11(12)14/h2-3,8,10,15H,4-7H2,1H3,(H,17,18). The molecular formula is C13H17BrN2O4S. The van der Waals surface area contributed by atoms with Crippen LogP contribution in [-0.4, -0.2) is 50.0 Å². The van der Waals surface area contributed by atoms with Crippen molar-refractivity contribution in [2.45, 2.75) is 23.8 Å². The third-order valence-electron chi connectivity index (χ3n) is 3.66. The van der Waals surface area contributed by atoms with Gasteiger partial charge >= 0.3 is 5.97 Å². The highest BCUT2D eigenvalue weighted by Crippen LogP contribution is 2.28. The van der Waals surface area contributed by atoms with E-state index in [0.29, 0.717) is 0 Å². The van der Waals surface area contributed by atoms with Crippen molar-refractivity contribution in [3.63, 3.8) is 0 Å². The molecule has 2 rings (SSSR count). The smallest absolute Gasteiger partial charge is 0.335 e. The van der Waals surface area contributed by atoms with Crippen LogP contribution in [0.15, 0.2) is 27.6 Å². The molecule has 1 aromatic carbocycles. The van der Waals surface area contributed by atoms with E-state index >= 15 is 0 Å². The molecule has 1 saturated heterocycles. The lowest BCUT2D eigenvalue weighted by Gasteiger charge is -2.31. The van der Waals surface area contributed by atoms with Gasteiger partial charge in [-0.25, -0.2) is 13.2 Å². The number of halogens is 1. The van der Waals surface area contributed by atoms with E-state index in [2.05, 4.69) is 21.2 Å². The number of carboxylic acid groups (broad SMARTS) is 1. The number of rotatable bonds is 4. The van der Waals surface area contributed by atoms with Gasteiger partial charge in [0, 0.05) is 17.6 Å². The van der Waals surface area contributed by atoms with Crippen molar-refractivity contribution in [1.82, 2.24) is 9.62 Å². The third kappa shape index (κ3) is 3.45. The molecule has 1 fully saturated rings. The zero-order valence-corrected chi connectivity index (χ0v) is 13.9. The number of carboxylic acids is 1. The molecule has 1 heterocycles. The van der Waals surface area contributed by atoms with Crippen molar-refractivity contribution >= 4 is 31.9 Å². The Morgan fingerprint density at radius 3 is 2.52 bits per heavy atom. The highest BCUT2D eigenvalue weighted by molar-refractivity contribution is 9.10. The van der Waals surface area contributed by atoms with Gasteiger partial charge in [0.2, 0.25) is 10.0 Å². The predicted molar refractivity (Wildman–Crippen MR) is 81.9 cm³/mol. The fourth-order valence-corrected chi connectivity index (χ4v) is 4.82. The van der Waals surface area contributed by atoms with Crippen LogP contribution in [0.5, 0.6) is 0 Å². The fourth-order valence-electron chi connectivity index (χ4n) is 2.36. The number of nitrogens with zero attached hydrogens (tertiary/aromatic N) is 1. The molecule has 0 spiro atoms. The lowest BCUT2D eigenvalue weighted by Crippen LogP contribution is -2.43. The molecule has 1 aliphatic rings. The van der Waals surface area contributed by atoms with E-state index < -0.39 is 16.0 Å². The van der Waals surface area contributed by atoms with Crippen LogP contribution in [0.3, 0.4) is 0 Å². The van der Waals surface area contributed by atoms with Gasteiger partial charge in [-0.15, -0.1) is 0 Å². The van der Waals surface area contributed by atoms with Gasteiger partial charge in [-0.1, -0.05) is 0 Å². The molecule has 0 aliphatic carbocycles. The monoisotopic (exact) mass is 376 g/mol. The van der Waals surface area contributed by atoms with Crippen LogP contribution in [-0.2, 0) is 10.0 Å². The summed E-state index contributed by atoms with van der Waals surface area (Å²) in [5.74, 6) is -1.09. The Balaban J connectivity index is 2.32. The largest absolute Gasteiger partial charge is 0.478 e. The van der Waals surface area contributed by atoms with Crippen molar-refractivity contribution in [1.29, 1.82) is 0 Å². The molecule has 21 heavy (non-hydrogen) atoms. The Hall–Kier alpha value is -0.960. The minimum atomic E-state index is -3.65. The maximum Gasteiger partial charge on any atom is 0.335 e. The van der Waals surface area contributed by atoms with E-state index in [1.54, 1.807) is 7.05 Å². The zero-order valence-electron chi connectivity index (χ0n) is 11.5. The lowest BCUT2D eigenvalue weighted by atomic mass is 10.1. The SMILES string of the molecule is CN(C1CCNCC1)S(=O)(=O)c1ccc(C(=O)O)cc1Br. The molecule has 1 aromatic rings. The van der Waals surface area contributed by atoms with Gasteiger partial charge in [0.05, 0.1) is 10.5 Å². The number of hydrogen-bond donors (Lipinski definition) is 2. The molecule has 1 aliphatic heterocycles. The van der Waals surface area contributed by atoms with E-state index in [-0.39, 0.29) is 21.0 Å². The number of hydrogen-bond acceptors (Lipinski definition) is 4. The van der Waals surface area contributed by atoms with Crippen LogP contribution in [0.25, 0.3) is 0 Å². The Morgan fingerprint density at radius 2 is 2.00 bits per heavy atom. The van der Waals surface area contributed by atoms with Crippen molar-refractivity contribution in [2.24, 2.45) is 0 Å². The number of nitrogens with one attached hydrogen (secondary N) is 1. The van der Waals surface area contributed by atoms with Crippen molar-refractivity contribution in [2.75, 3.05) is 20.1 Å². The number of carbonyl (C=O) groups is 1. The lowest BCUT2D eigenvalue weighted by molar-refractivity contribution is 0.0696. The summed E-state index contributed by atoms with van der Waals surface area (Å²) in [5.41, 5.74) is 0.0466. The average Bonchev–Trinajstić information content (AvgIpc) is 2.46. The summed E-state index contributed by atoms with van der Waals surface area (Å²) in [5, 5.41) is 12.1. The minimum Gasteiger partial charge on any atom is -0.478 e. The van der Waals surface area contributed by atoms with Crippen LogP contribution in [0.2, 0.25) is 0 Å². The van der Waals surface area contributed by atoms with Gasteiger partial charge in [0.25, 0.3) is 0 Å². The van der Waals surface area contributed by atoms with Gasteiger partial charge in [0.15, 0.2) is 0 Å². The first-order chi connectivity index (χ1) is 9.84. The fraction of sp³-hybridized carbons (Fsp3) is 0.462. The molecule has 0 atom stereocenters. The maximum atomic E-state index is 12.7. The van der Waals surface area contributed by atoms with Crippen molar-refractivity contribution < 1.29 is 18.3 Å². The molecule has 0 amide bonds. The topological polar surface area (TPSA) is 86.7 Å². The molecule has 2 N–H and O–H groups in total. The van der Waals surface area contributed by atoms with E-state index in [1.165, 1.54) is 22.5 Å². The highest BCUT2D eigenvalue weighted by Gasteiger charge is 2.30. The molecule has 0 aromatic heterocycles. The van der Waals surface area contributed by atoms with E-state index in [9.17, 15) is 13.2 Å². The van der Waals surface area contributed by atoms with E-state index in [4.69, 9.17) is 5.11 Å². The Morgan fingerprint density at radius 1 is 1.38 bits per heavy atom. The Labute approximate surface area is 132 Å². The minimum absolute atomic E-state index is 0.0395. The van der Waals surface area contributed by atoms with Crippen LogP contribution in [0.1, 0.15) is 23.2 Å². The number of benzene rings is 1. The average molecular weight is 377 g/mol. The summed E-state index contributed by atoms with van der Waals surface area (Å²) in [6.45, 7) is 1.59. The zero-order chi connectivity index (χ0) is 15.6. The van der Waals surface area contributed by atoms with Gasteiger partial charge < -0.3 is 10.4 Å². The van der Waals surface area contributed by atoms with Gasteiger partial charge in [0.1, 0.15) is 0 Å². The van der Waals surface area contributed by atoms with Crippen LogP contribution >= 0.6 is 15.9 Å². The molecule has 0 unspecified atom stereocenters. The van der Waals surface area contributed by atoms with Crippen molar-refractivity contribution in [3.8, 4) is 0 Å². The summed E-state index contributed by atoms with van der Waals surface area (Å²) >= 11 is 3.16. The second-order valence-corrected chi connectivity index (χ2v) is 7.77. The van der Waals surface area contributed by atoms with E-state index in [0.717, 1.165) is 25.9 Å². The molecular weight excluding hydrogens is 360 g/mol. The van der Waals surface area contributed by atoms with Crippen LogP contribution < -0.4 is 5.32 Å². The quantitative estimate of drug-likeness (QED) is 0.831. The van der Waals surface area contributed by atoms with E-state index in [1.807, 2.05) is 0 Å². The molecule has 8 heteroatoms. The van der Waals surface area contributed by atoms with Gasteiger partial charge in [-0.3, -0.25) is 0 Å². The molecule has 6 nitrogen and oxygen atoms in total. The number of sulfonamides is 1. The summed E-state index contributed by atoms with van der Waals surface area (Å²) in [6.07, 6.45) is 1.53. The van der Waals surface area contributed by atoms with Gasteiger partial charge in [-0.2, -0.15) is 4.31 Å². The first-order valence-corrected chi connectivity index (χ1v) is 8.79. The molecule has 116 valence electrons. The molecule has 0 radical (unpaired) electrons. The first-order valence-electron chi connectivity index (χ1n) is 6.55. The van der Waals surface area contributed by atoms with Crippen LogP contribution in [0, 0.1) is 0 Å². The summed E-state index contributed by atoms with van der Waals surface area (Å²) in [4.78, 5) is 11.0. The first kappa shape index (κ1) is 16.4. The highest BCUT2D eigenvalue weighted by atomic mass is 79.9. The third-order valence-corrected chi connectivity index (χ3v) is 6.55. The number of piperidine rings is 1. The summed E-state index contributed by atoms with van der Waals surface area (Å²) in [7, 11) is -2.07. The van der Waals surface area contributed by atoms with Crippen molar-refractivity contribution in [3.05, 3.63) is 28.2 Å². The Kier molecular flexibility index (Phi) is 5.03. The second-order valence-electron chi connectivity index (χ2n) is 4.95. The molecule has 0 bridgehead atoms. The number of aromatic carboxylic acids is 1. The predicted octanol–water partition coefficient (Wildman–Crippen LogP) is 1.52. The second kappa shape index (κ2) is 6.43. The summed E-state index contributed by atoms with van der Waals surface area (Å²) in [6, 6.07) is 3.91. The molecule has 0 saturated carbocycles. The Bertz CT molecular complexity index is 642. The van der Waals surface area contributed by atoms with Gasteiger partial charge in [-0.05, 0) is 60.1 Å².